The lowest BCUT2D eigenvalue weighted by molar-refractivity contribution is -0.140. The molecular formula is C9H13NO5. The van der Waals surface area contributed by atoms with E-state index in [-0.39, 0.29) is 0 Å². The number of aliphatic carboxylic acids is 2. The fraction of sp³-hybridized carbons (Fsp3) is 0.667. The van der Waals surface area contributed by atoms with Crippen LogP contribution in [-0.4, -0.2) is 34.6 Å². The number of hydrogen-bond donors (Lipinski definition) is 3. The van der Waals surface area contributed by atoms with E-state index in [9.17, 15) is 14.4 Å². The molecule has 1 aliphatic carbocycles. The Bertz CT molecular complexity index is 322. The van der Waals surface area contributed by atoms with Crippen LogP contribution in [-0.2, 0) is 14.4 Å². The highest BCUT2D eigenvalue weighted by Crippen LogP contribution is 2.58. The lowest BCUT2D eigenvalue weighted by Crippen LogP contribution is -2.32. The first-order valence-corrected chi connectivity index (χ1v) is 4.50. The van der Waals surface area contributed by atoms with Crippen molar-refractivity contribution >= 4 is 17.8 Å². The van der Waals surface area contributed by atoms with Crippen LogP contribution < -0.4 is 5.32 Å². The van der Waals surface area contributed by atoms with Crippen LogP contribution in [0.1, 0.15) is 13.8 Å². The van der Waals surface area contributed by atoms with Crippen molar-refractivity contribution in [2.75, 3.05) is 6.54 Å². The van der Waals surface area contributed by atoms with Crippen molar-refractivity contribution in [1.29, 1.82) is 0 Å². The van der Waals surface area contributed by atoms with Crippen LogP contribution in [0.3, 0.4) is 0 Å². The van der Waals surface area contributed by atoms with Gasteiger partial charge < -0.3 is 15.5 Å². The molecule has 1 fully saturated rings. The molecule has 6 nitrogen and oxygen atoms in total. The Balaban J connectivity index is 2.56. The molecule has 0 unspecified atom stereocenters. The highest BCUT2D eigenvalue weighted by atomic mass is 16.4. The summed E-state index contributed by atoms with van der Waals surface area (Å²) in [6.45, 7) is 2.88. The summed E-state index contributed by atoms with van der Waals surface area (Å²) < 4.78 is 0. The van der Waals surface area contributed by atoms with Crippen molar-refractivity contribution in [1.82, 2.24) is 5.32 Å². The van der Waals surface area contributed by atoms with Crippen LogP contribution in [0, 0.1) is 17.3 Å². The van der Waals surface area contributed by atoms with Gasteiger partial charge in [0.25, 0.3) is 0 Å². The van der Waals surface area contributed by atoms with Crippen LogP contribution in [0.25, 0.3) is 0 Å². The minimum atomic E-state index is -1.14. The van der Waals surface area contributed by atoms with Crippen LogP contribution in [0.5, 0.6) is 0 Å². The zero-order valence-corrected chi connectivity index (χ0v) is 8.48. The number of carbonyl (C=O) groups is 3. The molecule has 1 aliphatic rings. The summed E-state index contributed by atoms with van der Waals surface area (Å²) >= 11 is 0. The normalized spacial score (nSPS) is 26.8. The monoisotopic (exact) mass is 215 g/mol. The van der Waals surface area contributed by atoms with Crippen LogP contribution >= 0.6 is 0 Å². The third-order valence-corrected chi connectivity index (χ3v) is 2.79. The molecule has 0 spiro atoms. The Morgan fingerprint density at radius 1 is 1.20 bits per heavy atom. The molecule has 3 N–H and O–H groups in total. The largest absolute Gasteiger partial charge is 0.481 e. The summed E-state index contributed by atoms with van der Waals surface area (Å²) in [7, 11) is 0. The maximum atomic E-state index is 11.4. The van der Waals surface area contributed by atoms with Gasteiger partial charge in [-0.3, -0.25) is 14.4 Å². The molecular weight excluding hydrogens is 202 g/mol. The van der Waals surface area contributed by atoms with E-state index in [0.29, 0.717) is 0 Å². The molecule has 0 aliphatic heterocycles. The van der Waals surface area contributed by atoms with E-state index < -0.39 is 41.6 Å². The van der Waals surface area contributed by atoms with Crippen molar-refractivity contribution in [2.24, 2.45) is 17.3 Å². The lowest BCUT2D eigenvalue weighted by atomic mass is 10.1. The summed E-state index contributed by atoms with van der Waals surface area (Å²) in [6, 6.07) is 0. The Kier molecular flexibility index (Phi) is 2.70. The van der Waals surface area contributed by atoms with Gasteiger partial charge in [-0.15, -0.1) is 0 Å². The average molecular weight is 215 g/mol. The van der Waals surface area contributed by atoms with E-state index in [4.69, 9.17) is 10.2 Å². The maximum Gasteiger partial charge on any atom is 0.322 e. The van der Waals surface area contributed by atoms with Gasteiger partial charge in [0.1, 0.15) is 6.54 Å². The first-order chi connectivity index (χ1) is 6.78. The van der Waals surface area contributed by atoms with Gasteiger partial charge in [0.05, 0.1) is 11.8 Å². The molecule has 1 saturated carbocycles. The molecule has 1 amide bonds. The van der Waals surface area contributed by atoms with Crippen molar-refractivity contribution < 1.29 is 24.6 Å². The zero-order chi connectivity index (χ0) is 11.8. The maximum absolute atomic E-state index is 11.4. The van der Waals surface area contributed by atoms with E-state index in [0.717, 1.165) is 0 Å². The van der Waals surface area contributed by atoms with E-state index in [2.05, 4.69) is 5.32 Å². The standard InChI is InChI=1S/C9H13NO5/c1-9(2)5(6(9)8(14)15)7(13)10-3-4(11)12/h5-6H,3H2,1-2H3,(H,10,13)(H,11,12)(H,14,15)/t5-,6+/m1/s1. The number of rotatable bonds is 4. The second-order valence-electron chi connectivity index (χ2n) is 4.23. The highest BCUT2D eigenvalue weighted by Gasteiger charge is 2.65. The Labute approximate surface area is 86.3 Å². The quantitative estimate of drug-likeness (QED) is 0.589. The summed E-state index contributed by atoms with van der Waals surface area (Å²) in [6.07, 6.45) is 0. The fourth-order valence-electron chi connectivity index (χ4n) is 1.86. The van der Waals surface area contributed by atoms with E-state index in [1.54, 1.807) is 13.8 Å². The molecule has 0 aromatic heterocycles. The summed E-state index contributed by atoms with van der Waals surface area (Å²) in [5, 5.41) is 19.3. The van der Waals surface area contributed by atoms with Gasteiger partial charge in [-0.2, -0.15) is 0 Å². The van der Waals surface area contributed by atoms with Crippen LogP contribution in [0.15, 0.2) is 0 Å². The topological polar surface area (TPSA) is 104 Å². The van der Waals surface area contributed by atoms with Crippen molar-refractivity contribution in [2.45, 2.75) is 13.8 Å². The molecule has 0 radical (unpaired) electrons. The van der Waals surface area contributed by atoms with Crippen LogP contribution in [0.4, 0.5) is 0 Å². The molecule has 6 heteroatoms. The molecule has 0 saturated heterocycles. The summed E-state index contributed by atoms with van der Waals surface area (Å²) in [5.41, 5.74) is -0.589. The highest BCUT2D eigenvalue weighted by molar-refractivity contribution is 5.92. The second kappa shape index (κ2) is 3.52. The van der Waals surface area contributed by atoms with Crippen LogP contribution in [0.2, 0.25) is 0 Å². The first kappa shape index (κ1) is 11.5. The first-order valence-electron chi connectivity index (χ1n) is 4.50. The fourth-order valence-corrected chi connectivity index (χ4v) is 1.86. The predicted octanol–water partition coefficient (Wildman–Crippen LogP) is -0.456. The molecule has 0 aromatic carbocycles. The van der Waals surface area contributed by atoms with Crippen molar-refractivity contribution in [3.63, 3.8) is 0 Å². The summed E-state index contributed by atoms with van der Waals surface area (Å²) in [5.74, 6) is -4.01. The lowest BCUT2D eigenvalue weighted by Gasteiger charge is -2.02. The molecule has 15 heavy (non-hydrogen) atoms. The molecule has 0 aromatic rings. The molecule has 1 rings (SSSR count). The van der Waals surface area contributed by atoms with Crippen molar-refractivity contribution in [3.05, 3.63) is 0 Å². The molecule has 84 valence electrons. The third kappa shape index (κ3) is 2.08. The van der Waals surface area contributed by atoms with Gasteiger partial charge in [0.15, 0.2) is 0 Å². The average Bonchev–Trinajstić information content (AvgIpc) is 2.65. The van der Waals surface area contributed by atoms with Gasteiger partial charge in [-0.05, 0) is 5.41 Å². The number of amides is 1. The second-order valence-corrected chi connectivity index (χ2v) is 4.23. The minimum absolute atomic E-state index is 0.474. The number of nitrogens with one attached hydrogen (secondary N) is 1. The van der Waals surface area contributed by atoms with E-state index in [1.807, 2.05) is 0 Å². The molecule has 2 atom stereocenters. The summed E-state index contributed by atoms with van der Waals surface area (Å²) in [4.78, 5) is 32.3. The predicted molar refractivity (Wildman–Crippen MR) is 49.0 cm³/mol. The van der Waals surface area contributed by atoms with Gasteiger partial charge in [-0.25, -0.2) is 0 Å². The number of carboxylic acid groups (broad SMARTS) is 2. The third-order valence-electron chi connectivity index (χ3n) is 2.79. The SMILES string of the molecule is CC1(C)[C@H](C(=O)O)[C@@H]1C(=O)NCC(=O)O. The molecule has 0 bridgehead atoms. The van der Waals surface area contributed by atoms with E-state index in [1.165, 1.54) is 0 Å². The zero-order valence-electron chi connectivity index (χ0n) is 8.48. The minimum Gasteiger partial charge on any atom is -0.481 e. The Hall–Kier alpha value is -1.59. The van der Waals surface area contributed by atoms with Gasteiger partial charge in [0.2, 0.25) is 5.91 Å². The van der Waals surface area contributed by atoms with Crippen molar-refractivity contribution in [3.8, 4) is 0 Å². The molecule has 0 heterocycles. The Morgan fingerprint density at radius 3 is 2.07 bits per heavy atom. The van der Waals surface area contributed by atoms with Gasteiger partial charge >= 0.3 is 11.9 Å². The van der Waals surface area contributed by atoms with E-state index >= 15 is 0 Å². The van der Waals surface area contributed by atoms with Gasteiger partial charge in [-0.1, -0.05) is 13.8 Å². The number of carboxylic acids is 2. The van der Waals surface area contributed by atoms with Gasteiger partial charge in [0, 0.05) is 0 Å². The number of hydrogen-bond acceptors (Lipinski definition) is 3. The Morgan fingerprint density at radius 2 is 1.73 bits per heavy atom. The number of carbonyl (C=O) groups excluding carboxylic acids is 1. The smallest absolute Gasteiger partial charge is 0.322 e.